The van der Waals surface area contributed by atoms with Crippen LogP contribution in [0.25, 0.3) is 0 Å². The predicted octanol–water partition coefficient (Wildman–Crippen LogP) is 1.45. The molecule has 0 atom stereocenters. The summed E-state index contributed by atoms with van der Waals surface area (Å²) in [5, 5.41) is 0. The smallest absolute Gasteiger partial charge is 0.292 e. The van der Waals surface area contributed by atoms with Crippen LogP contribution >= 0.6 is 0 Å². The average molecular weight is 302 g/mol. The first-order valence-electron chi connectivity index (χ1n) is 7.45. The number of ether oxygens (including phenoxy) is 2. The van der Waals surface area contributed by atoms with Crippen molar-refractivity contribution in [2.45, 2.75) is 13.0 Å². The highest BCUT2D eigenvalue weighted by molar-refractivity contribution is 5.18. The van der Waals surface area contributed by atoms with Crippen molar-refractivity contribution >= 4 is 0 Å². The molecular weight excluding hydrogens is 280 g/mol. The van der Waals surface area contributed by atoms with E-state index in [0.29, 0.717) is 38.7 Å². The summed E-state index contributed by atoms with van der Waals surface area (Å²) in [6.07, 6.45) is 2.51. The van der Waals surface area contributed by atoms with Gasteiger partial charge in [0, 0.05) is 25.7 Å². The Balaban J connectivity index is 1.87. The highest BCUT2D eigenvalue weighted by atomic mass is 16.5. The molecule has 5 heteroatoms. The SMILES string of the molecule is NCCOCCn1cccc(OCCc2ccccc2)c1=O. The monoisotopic (exact) mass is 302 g/mol. The number of nitrogens with zero attached hydrogens (tertiary/aromatic N) is 1. The highest BCUT2D eigenvalue weighted by Crippen LogP contribution is 2.05. The summed E-state index contributed by atoms with van der Waals surface area (Å²) in [5.74, 6) is 0.372. The second-order valence-electron chi connectivity index (χ2n) is 4.86. The van der Waals surface area contributed by atoms with Crippen LogP contribution in [-0.2, 0) is 17.7 Å². The first kappa shape index (κ1) is 16.3. The van der Waals surface area contributed by atoms with E-state index in [0.717, 1.165) is 6.42 Å². The number of rotatable bonds is 9. The topological polar surface area (TPSA) is 66.5 Å². The van der Waals surface area contributed by atoms with Crippen molar-refractivity contribution in [3.8, 4) is 5.75 Å². The van der Waals surface area contributed by atoms with Gasteiger partial charge in [0.2, 0.25) is 0 Å². The van der Waals surface area contributed by atoms with Gasteiger partial charge in [0.05, 0.1) is 19.8 Å². The fraction of sp³-hybridized carbons (Fsp3) is 0.353. The van der Waals surface area contributed by atoms with Crippen LogP contribution in [-0.4, -0.2) is 30.9 Å². The number of hydrogen-bond acceptors (Lipinski definition) is 4. The minimum absolute atomic E-state index is 0.132. The van der Waals surface area contributed by atoms with Crippen molar-refractivity contribution in [1.82, 2.24) is 4.57 Å². The molecule has 0 aliphatic heterocycles. The highest BCUT2D eigenvalue weighted by Gasteiger charge is 2.04. The Morgan fingerprint density at radius 3 is 2.59 bits per heavy atom. The van der Waals surface area contributed by atoms with E-state index in [1.165, 1.54) is 5.56 Å². The van der Waals surface area contributed by atoms with Gasteiger partial charge in [0.25, 0.3) is 5.56 Å². The number of aromatic nitrogens is 1. The van der Waals surface area contributed by atoms with Gasteiger partial charge in [-0.2, -0.15) is 0 Å². The molecule has 0 radical (unpaired) electrons. The van der Waals surface area contributed by atoms with Crippen molar-refractivity contribution in [1.29, 1.82) is 0 Å². The number of nitrogens with two attached hydrogens (primary N) is 1. The summed E-state index contributed by atoms with van der Waals surface area (Å²) >= 11 is 0. The predicted molar refractivity (Wildman–Crippen MR) is 86.2 cm³/mol. The van der Waals surface area contributed by atoms with Crippen LogP contribution in [0, 0.1) is 0 Å². The van der Waals surface area contributed by atoms with Crippen molar-refractivity contribution < 1.29 is 9.47 Å². The van der Waals surface area contributed by atoms with Gasteiger partial charge in [0.1, 0.15) is 0 Å². The zero-order valence-corrected chi connectivity index (χ0v) is 12.6. The van der Waals surface area contributed by atoms with E-state index in [1.54, 1.807) is 16.8 Å². The molecule has 0 saturated heterocycles. The van der Waals surface area contributed by atoms with E-state index in [9.17, 15) is 4.79 Å². The average Bonchev–Trinajstić information content (AvgIpc) is 2.55. The molecule has 0 spiro atoms. The van der Waals surface area contributed by atoms with Gasteiger partial charge < -0.3 is 19.8 Å². The molecule has 0 fully saturated rings. The molecule has 2 rings (SSSR count). The lowest BCUT2D eigenvalue weighted by Crippen LogP contribution is -2.24. The third-order valence-corrected chi connectivity index (χ3v) is 3.22. The van der Waals surface area contributed by atoms with Gasteiger partial charge in [-0.05, 0) is 17.7 Å². The molecule has 5 nitrogen and oxygen atoms in total. The van der Waals surface area contributed by atoms with E-state index in [1.807, 2.05) is 36.4 Å². The van der Waals surface area contributed by atoms with E-state index in [4.69, 9.17) is 15.2 Å². The first-order chi connectivity index (χ1) is 10.8. The summed E-state index contributed by atoms with van der Waals surface area (Å²) in [4.78, 5) is 12.2. The lowest BCUT2D eigenvalue weighted by Gasteiger charge is -2.10. The molecule has 1 aromatic heterocycles. The Morgan fingerprint density at radius 1 is 1.00 bits per heavy atom. The van der Waals surface area contributed by atoms with Crippen LogP contribution in [0.15, 0.2) is 53.5 Å². The zero-order chi connectivity index (χ0) is 15.6. The molecule has 0 saturated carbocycles. The normalized spacial score (nSPS) is 10.6. The number of pyridine rings is 1. The van der Waals surface area contributed by atoms with Crippen LogP contribution in [0.2, 0.25) is 0 Å². The molecule has 2 N–H and O–H groups in total. The van der Waals surface area contributed by atoms with Crippen molar-refractivity contribution in [2.75, 3.05) is 26.4 Å². The van der Waals surface area contributed by atoms with E-state index in [-0.39, 0.29) is 5.56 Å². The minimum atomic E-state index is -0.132. The fourth-order valence-corrected chi connectivity index (χ4v) is 2.07. The van der Waals surface area contributed by atoms with E-state index < -0.39 is 0 Å². The lowest BCUT2D eigenvalue weighted by molar-refractivity contribution is 0.132. The Labute approximate surface area is 130 Å². The van der Waals surface area contributed by atoms with Gasteiger partial charge in [0.15, 0.2) is 5.75 Å². The Kier molecular flexibility index (Phi) is 6.67. The second kappa shape index (κ2) is 9.02. The van der Waals surface area contributed by atoms with E-state index in [2.05, 4.69) is 0 Å². The second-order valence-corrected chi connectivity index (χ2v) is 4.86. The molecule has 0 amide bonds. The van der Waals surface area contributed by atoms with Crippen molar-refractivity contribution in [2.24, 2.45) is 5.73 Å². The molecule has 2 aromatic rings. The maximum Gasteiger partial charge on any atom is 0.292 e. The molecule has 0 aliphatic carbocycles. The molecule has 0 bridgehead atoms. The van der Waals surface area contributed by atoms with Gasteiger partial charge in [-0.1, -0.05) is 30.3 Å². The van der Waals surface area contributed by atoms with Crippen LogP contribution in [0.5, 0.6) is 5.75 Å². The maximum atomic E-state index is 12.2. The van der Waals surface area contributed by atoms with Gasteiger partial charge in [-0.15, -0.1) is 0 Å². The zero-order valence-electron chi connectivity index (χ0n) is 12.6. The standard InChI is InChI=1S/C17H22N2O3/c18-9-13-21-14-11-19-10-4-7-16(17(19)20)22-12-8-15-5-2-1-3-6-15/h1-7,10H,8-9,11-14,18H2. The summed E-state index contributed by atoms with van der Waals surface area (Å²) < 4.78 is 12.5. The quantitative estimate of drug-likeness (QED) is 0.712. The summed E-state index contributed by atoms with van der Waals surface area (Å²) in [6.45, 7) is 2.42. The molecule has 1 aromatic carbocycles. The minimum Gasteiger partial charge on any atom is -0.488 e. The van der Waals surface area contributed by atoms with Crippen LogP contribution in [0.3, 0.4) is 0 Å². The third-order valence-electron chi connectivity index (χ3n) is 3.22. The van der Waals surface area contributed by atoms with Crippen LogP contribution in [0.1, 0.15) is 5.56 Å². The maximum absolute atomic E-state index is 12.2. The van der Waals surface area contributed by atoms with E-state index >= 15 is 0 Å². The number of hydrogen-bond donors (Lipinski definition) is 1. The van der Waals surface area contributed by atoms with Gasteiger partial charge in [-0.25, -0.2) is 0 Å². The van der Waals surface area contributed by atoms with Crippen LogP contribution < -0.4 is 16.0 Å². The van der Waals surface area contributed by atoms with Crippen molar-refractivity contribution in [3.63, 3.8) is 0 Å². The lowest BCUT2D eigenvalue weighted by atomic mass is 10.2. The molecule has 0 unspecified atom stereocenters. The molecule has 0 aliphatic rings. The van der Waals surface area contributed by atoms with Gasteiger partial charge in [-0.3, -0.25) is 4.79 Å². The number of benzene rings is 1. The molecule has 22 heavy (non-hydrogen) atoms. The third kappa shape index (κ3) is 5.02. The molecule has 1 heterocycles. The fourth-order valence-electron chi connectivity index (χ4n) is 2.07. The summed E-state index contributed by atoms with van der Waals surface area (Å²) in [7, 11) is 0. The Hall–Kier alpha value is -2.11. The van der Waals surface area contributed by atoms with Crippen molar-refractivity contribution in [3.05, 3.63) is 64.6 Å². The Bertz CT molecular complexity index is 611. The Morgan fingerprint density at radius 2 is 1.82 bits per heavy atom. The first-order valence-corrected chi connectivity index (χ1v) is 7.45. The van der Waals surface area contributed by atoms with Gasteiger partial charge >= 0.3 is 0 Å². The molecular formula is C17H22N2O3. The van der Waals surface area contributed by atoms with Crippen LogP contribution in [0.4, 0.5) is 0 Å². The summed E-state index contributed by atoms with van der Waals surface area (Å²) in [5.41, 5.74) is 6.41. The molecule has 118 valence electrons. The summed E-state index contributed by atoms with van der Waals surface area (Å²) in [6, 6.07) is 13.6. The largest absolute Gasteiger partial charge is 0.488 e.